The van der Waals surface area contributed by atoms with Crippen LogP contribution >= 0.6 is 11.6 Å². The van der Waals surface area contributed by atoms with Crippen molar-refractivity contribution in [1.82, 2.24) is 4.72 Å². The Morgan fingerprint density at radius 1 is 1.14 bits per heavy atom. The zero-order chi connectivity index (χ0) is 29.6. The highest BCUT2D eigenvalue weighted by atomic mass is 35.5. The number of aliphatic hydroxyl groups is 1. The van der Waals surface area contributed by atoms with E-state index in [4.69, 9.17) is 16.3 Å². The minimum absolute atomic E-state index is 0.0173. The number of alkyl halides is 2. The maximum absolute atomic E-state index is 13.8. The second kappa shape index (κ2) is 11.4. The van der Waals surface area contributed by atoms with E-state index in [1.807, 2.05) is 16.9 Å². The summed E-state index contributed by atoms with van der Waals surface area (Å²) in [5.41, 5.74) is 2.73. The van der Waals surface area contributed by atoms with Crippen LogP contribution in [0.4, 0.5) is 14.5 Å². The van der Waals surface area contributed by atoms with E-state index in [1.54, 1.807) is 24.3 Å². The Bertz CT molecular complexity index is 1500. The van der Waals surface area contributed by atoms with Gasteiger partial charge in [-0.05, 0) is 98.2 Å². The molecule has 7 nitrogen and oxygen atoms in total. The Morgan fingerprint density at radius 3 is 2.74 bits per heavy atom. The van der Waals surface area contributed by atoms with E-state index in [-0.39, 0.29) is 35.7 Å². The Hall–Kier alpha value is -2.69. The van der Waals surface area contributed by atoms with Crippen molar-refractivity contribution in [1.29, 1.82) is 0 Å². The molecular formula is C31H35ClF2N2O5S. The van der Waals surface area contributed by atoms with Crippen LogP contribution in [0.1, 0.15) is 60.0 Å². The largest absolute Gasteiger partial charge is 0.490 e. The molecule has 2 aromatic rings. The average molecular weight is 621 g/mol. The van der Waals surface area contributed by atoms with Crippen LogP contribution < -0.4 is 14.4 Å². The molecule has 0 saturated heterocycles. The predicted octanol–water partition coefficient (Wildman–Crippen LogP) is 5.24. The molecule has 226 valence electrons. The molecule has 2 aliphatic carbocycles. The number of nitrogens with zero attached hydrogens (tertiary/aromatic N) is 1. The summed E-state index contributed by atoms with van der Waals surface area (Å²) < 4.78 is 61.7. The average Bonchev–Trinajstić information content (AvgIpc) is 3.06. The number of ether oxygens (including phenoxy) is 1. The van der Waals surface area contributed by atoms with Gasteiger partial charge in [-0.25, -0.2) is 21.9 Å². The van der Waals surface area contributed by atoms with Gasteiger partial charge < -0.3 is 14.7 Å². The van der Waals surface area contributed by atoms with Crippen molar-refractivity contribution in [3.05, 3.63) is 70.3 Å². The fourth-order valence-electron chi connectivity index (χ4n) is 7.13. The lowest BCUT2D eigenvalue weighted by molar-refractivity contribution is 0.0456. The number of sulfonamides is 1. The lowest BCUT2D eigenvalue weighted by Gasteiger charge is -2.45. The topological polar surface area (TPSA) is 95.9 Å². The molecule has 2 heterocycles. The summed E-state index contributed by atoms with van der Waals surface area (Å²) in [6.07, 6.45) is 3.41. The van der Waals surface area contributed by atoms with Gasteiger partial charge in [0, 0.05) is 29.1 Å². The predicted molar refractivity (Wildman–Crippen MR) is 157 cm³/mol. The van der Waals surface area contributed by atoms with Crippen LogP contribution in [-0.2, 0) is 21.9 Å². The SMILES string of the molecule is O=C1NS(=O)(=O)[C@@H](C(F)F)CC/C=C/[C@H](O)[C@@H]2CC[C@H]2CN2C[C@@]3(CCCc4cc(Cl)ccc43)COc3ccc1cc32. The summed E-state index contributed by atoms with van der Waals surface area (Å²) >= 11 is 6.35. The lowest BCUT2D eigenvalue weighted by atomic mass is 9.68. The zero-order valence-electron chi connectivity index (χ0n) is 23.1. The fraction of sp³-hybridized carbons (Fsp3) is 0.516. The Balaban J connectivity index is 1.42. The van der Waals surface area contributed by atoms with E-state index in [0.717, 1.165) is 32.1 Å². The van der Waals surface area contributed by atoms with Crippen LogP contribution in [0.2, 0.25) is 5.02 Å². The van der Waals surface area contributed by atoms with Gasteiger partial charge in [-0.15, -0.1) is 0 Å². The van der Waals surface area contributed by atoms with E-state index in [0.29, 0.717) is 36.2 Å². The van der Waals surface area contributed by atoms with Crippen molar-refractivity contribution in [3.8, 4) is 5.75 Å². The minimum Gasteiger partial charge on any atom is -0.490 e. The first-order valence-corrected chi connectivity index (χ1v) is 16.5. The van der Waals surface area contributed by atoms with Gasteiger partial charge in [0.15, 0.2) is 0 Å². The van der Waals surface area contributed by atoms with E-state index in [9.17, 15) is 27.1 Å². The molecule has 0 aromatic heterocycles. The summed E-state index contributed by atoms with van der Waals surface area (Å²) in [5, 5.41) is 9.60. The van der Waals surface area contributed by atoms with Crippen LogP contribution in [-0.4, -0.2) is 56.9 Å². The lowest BCUT2D eigenvalue weighted by Crippen LogP contribution is -2.49. The highest BCUT2D eigenvalue weighted by Crippen LogP contribution is 2.46. The van der Waals surface area contributed by atoms with Crippen LogP contribution in [0.5, 0.6) is 5.75 Å². The molecule has 2 aromatic carbocycles. The molecule has 42 heavy (non-hydrogen) atoms. The van der Waals surface area contributed by atoms with Crippen molar-refractivity contribution >= 4 is 33.2 Å². The molecule has 0 unspecified atom stereocenters. The third kappa shape index (κ3) is 5.53. The summed E-state index contributed by atoms with van der Waals surface area (Å²) in [5.74, 6) is -0.244. The van der Waals surface area contributed by atoms with E-state index in [1.165, 1.54) is 17.2 Å². The highest BCUT2D eigenvalue weighted by Gasteiger charge is 2.44. The van der Waals surface area contributed by atoms with Gasteiger partial charge in [0.1, 0.15) is 11.0 Å². The molecule has 6 rings (SSSR count). The monoisotopic (exact) mass is 620 g/mol. The number of carbonyl (C=O) groups excluding carboxylic acids is 1. The van der Waals surface area contributed by atoms with E-state index < -0.39 is 33.7 Å². The van der Waals surface area contributed by atoms with Crippen LogP contribution in [0, 0.1) is 11.8 Å². The fourth-order valence-corrected chi connectivity index (χ4v) is 8.57. The van der Waals surface area contributed by atoms with Gasteiger partial charge in [0.2, 0.25) is 10.0 Å². The number of aryl methyl sites for hydroxylation is 1. The van der Waals surface area contributed by atoms with Gasteiger partial charge >= 0.3 is 0 Å². The van der Waals surface area contributed by atoms with Crippen LogP contribution in [0.15, 0.2) is 48.6 Å². The molecular weight excluding hydrogens is 586 g/mol. The molecule has 2 N–H and O–H groups in total. The van der Waals surface area contributed by atoms with Gasteiger partial charge in [0.05, 0.1) is 18.4 Å². The van der Waals surface area contributed by atoms with Crippen molar-refractivity contribution < 1.29 is 31.8 Å². The Morgan fingerprint density at radius 2 is 1.98 bits per heavy atom. The number of aliphatic hydroxyl groups excluding tert-OH is 1. The van der Waals surface area contributed by atoms with Crippen molar-refractivity contribution in [2.24, 2.45) is 11.8 Å². The number of halogens is 3. The number of nitrogens with one attached hydrogen (secondary N) is 1. The number of allylic oxidation sites excluding steroid dienone is 1. The van der Waals surface area contributed by atoms with E-state index >= 15 is 0 Å². The maximum atomic E-state index is 13.8. The van der Waals surface area contributed by atoms with Gasteiger partial charge in [-0.2, -0.15) is 0 Å². The second-order valence-electron chi connectivity index (χ2n) is 12.1. The highest BCUT2D eigenvalue weighted by molar-refractivity contribution is 7.90. The number of fused-ring (bicyclic) bond motifs is 4. The zero-order valence-corrected chi connectivity index (χ0v) is 24.7. The molecule has 1 spiro atoms. The number of hydrogen-bond donors (Lipinski definition) is 2. The molecule has 2 aliphatic heterocycles. The van der Waals surface area contributed by atoms with Gasteiger partial charge in [-0.3, -0.25) is 4.79 Å². The second-order valence-corrected chi connectivity index (χ2v) is 14.5. The summed E-state index contributed by atoms with van der Waals surface area (Å²) in [4.78, 5) is 15.4. The van der Waals surface area contributed by atoms with Crippen molar-refractivity contribution in [3.63, 3.8) is 0 Å². The molecule has 5 atom stereocenters. The Kier molecular flexibility index (Phi) is 8.00. The van der Waals surface area contributed by atoms with Crippen LogP contribution in [0.25, 0.3) is 0 Å². The number of carbonyl (C=O) groups is 1. The molecule has 4 aliphatic rings. The normalized spacial score (nSPS) is 31.6. The van der Waals surface area contributed by atoms with Crippen molar-refractivity contribution in [2.45, 2.75) is 68.1 Å². The first-order chi connectivity index (χ1) is 20.1. The molecule has 1 amide bonds. The standard InChI is InChI=1S/C31H35ClF2N2O5S/c32-22-9-11-24-19(14-22)4-3-13-31(24)17-36-16-21-7-10-23(21)26(37)5-1-2-6-28(29(33)34)42(39,40)35-30(38)20-8-12-27(41-18-31)25(36)15-20/h1,5,8-9,11-12,14-15,21,23,26,28-29,37H,2-4,6-7,10,13,16-18H2,(H,35,38)/b5-1+/t21-,23+,26-,28+,31-/m0/s1. The molecule has 1 fully saturated rings. The van der Waals surface area contributed by atoms with Crippen molar-refractivity contribution in [2.75, 3.05) is 24.6 Å². The van der Waals surface area contributed by atoms with Crippen LogP contribution in [0.3, 0.4) is 0 Å². The quantitative estimate of drug-likeness (QED) is 0.423. The number of amides is 1. The van der Waals surface area contributed by atoms with E-state index in [2.05, 4.69) is 11.0 Å². The number of hydrogen-bond acceptors (Lipinski definition) is 6. The molecule has 11 heteroatoms. The third-order valence-corrected chi connectivity index (χ3v) is 11.5. The number of benzene rings is 2. The molecule has 0 radical (unpaired) electrons. The maximum Gasteiger partial charge on any atom is 0.264 e. The smallest absolute Gasteiger partial charge is 0.264 e. The number of rotatable bonds is 1. The molecule has 2 bridgehead atoms. The minimum atomic E-state index is -4.67. The third-order valence-electron chi connectivity index (χ3n) is 9.53. The summed E-state index contributed by atoms with van der Waals surface area (Å²) in [6, 6.07) is 10.7. The summed E-state index contributed by atoms with van der Waals surface area (Å²) in [6.45, 7) is 1.63. The van der Waals surface area contributed by atoms with Gasteiger partial charge in [0.25, 0.3) is 12.3 Å². The first-order valence-electron chi connectivity index (χ1n) is 14.6. The first kappa shape index (κ1) is 29.4. The number of anilines is 1. The van der Waals surface area contributed by atoms with Gasteiger partial charge in [-0.1, -0.05) is 29.8 Å². The molecule has 1 saturated carbocycles. The Labute approximate surface area is 249 Å². The summed E-state index contributed by atoms with van der Waals surface area (Å²) in [7, 11) is -4.67.